The molecule has 2 fully saturated rings. The number of hydrogen-bond donors (Lipinski definition) is 4. The molecular formula is C48H80O12S. The van der Waals surface area contributed by atoms with Gasteiger partial charge in [-0.2, -0.15) is 8.42 Å². The van der Waals surface area contributed by atoms with Gasteiger partial charge in [-0.1, -0.05) is 111 Å². The van der Waals surface area contributed by atoms with E-state index in [1.807, 2.05) is 13.8 Å². The number of epoxide rings is 1. The lowest BCUT2D eigenvalue weighted by Gasteiger charge is -2.62. The van der Waals surface area contributed by atoms with Crippen LogP contribution in [0.5, 0.6) is 0 Å². The molecule has 61 heavy (non-hydrogen) atoms. The predicted molar refractivity (Wildman–Crippen MR) is 234 cm³/mol. The molecule has 0 aromatic carbocycles. The molecule has 1 saturated carbocycles. The van der Waals surface area contributed by atoms with Crippen molar-refractivity contribution in [2.24, 2.45) is 34.0 Å². The van der Waals surface area contributed by atoms with Gasteiger partial charge in [-0.25, -0.2) is 4.18 Å². The van der Waals surface area contributed by atoms with E-state index in [4.69, 9.17) is 23.5 Å². The van der Waals surface area contributed by atoms with Gasteiger partial charge in [0.05, 0.1) is 12.2 Å². The molecule has 13 heteroatoms. The van der Waals surface area contributed by atoms with Gasteiger partial charge in [-0.05, 0) is 111 Å². The van der Waals surface area contributed by atoms with E-state index < -0.39 is 74.2 Å². The molecular weight excluding hydrogens is 801 g/mol. The van der Waals surface area contributed by atoms with E-state index in [1.165, 1.54) is 45.4 Å². The van der Waals surface area contributed by atoms with Crippen molar-refractivity contribution < 1.29 is 56.3 Å². The van der Waals surface area contributed by atoms with E-state index in [0.29, 0.717) is 32.3 Å². The number of aliphatic hydroxyl groups excluding tert-OH is 2. The largest absolute Gasteiger partial charge is 0.459 e. The molecule has 1 heterocycles. The van der Waals surface area contributed by atoms with E-state index in [0.717, 1.165) is 68.1 Å². The van der Waals surface area contributed by atoms with Crippen LogP contribution in [0, 0.1) is 34.0 Å². The van der Waals surface area contributed by atoms with Crippen molar-refractivity contribution >= 4 is 22.3 Å². The summed E-state index contributed by atoms with van der Waals surface area (Å²) in [5, 5.41) is 32.4. The molecule has 0 aromatic rings. The minimum Gasteiger partial charge on any atom is -0.459 e. The Labute approximate surface area is 366 Å². The summed E-state index contributed by atoms with van der Waals surface area (Å²) in [7, 11) is -4.92. The Morgan fingerprint density at radius 2 is 1.48 bits per heavy atom. The van der Waals surface area contributed by atoms with Crippen LogP contribution < -0.4 is 0 Å². The summed E-state index contributed by atoms with van der Waals surface area (Å²) >= 11 is 0. The minimum absolute atomic E-state index is 0.0336. The lowest BCUT2D eigenvalue weighted by atomic mass is 9.45. The molecule has 1 saturated heterocycles. The molecule has 0 spiro atoms. The number of fused-ring (bicyclic) bond motifs is 4. The summed E-state index contributed by atoms with van der Waals surface area (Å²) < 4.78 is 58.3. The fourth-order valence-corrected chi connectivity index (χ4v) is 13.3. The zero-order valence-electron chi connectivity index (χ0n) is 38.6. The molecule has 1 aliphatic heterocycles. The summed E-state index contributed by atoms with van der Waals surface area (Å²) in [5.74, 6) is -1.02. The Morgan fingerprint density at radius 1 is 0.918 bits per heavy atom. The molecule has 10 atom stereocenters. The van der Waals surface area contributed by atoms with Gasteiger partial charge in [-0.15, -0.1) is 0 Å². The molecule has 4 N–H and O–H groups in total. The molecule has 2 unspecified atom stereocenters. The quantitative estimate of drug-likeness (QED) is 0.0312. The lowest BCUT2D eigenvalue weighted by Crippen LogP contribution is -2.63. The number of hydrogen-bond acceptors (Lipinski definition) is 11. The Bertz CT molecular complexity index is 1690. The molecule has 0 amide bonds. The summed E-state index contributed by atoms with van der Waals surface area (Å²) in [6.07, 6.45) is 15.9. The maximum absolute atomic E-state index is 13.6. The summed E-state index contributed by atoms with van der Waals surface area (Å²) in [5.41, 5.74) is -1.15. The zero-order valence-corrected chi connectivity index (χ0v) is 39.5. The Hall–Kier alpha value is -1.87. The van der Waals surface area contributed by atoms with Crippen LogP contribution in [0.2, 0.25) is 0 Å². The molecule has 5 aliphatic rings. The first-order chi connectivity index (χ1) is 28.5. The van der Waals surface area contributed by atoms with Crippen LogP contribution in [0.3, 0.4) is 0 Å². The highest BCUT2D eigenvalue weighted by Gasteiger charge is 2.66. The van der Waals surface area contributed by atoms with Gasteiger partial charge in [0.2, 0.25) is 0 Å². The summed E-state index contributed by atoms with van der Waals surface area (Å²) in [4.78, 5) is 26.4. The van der Waals surface area contributed by atoms with Crippen molar-refractivity contribution in [3.63, 3.8) is 0 Å². The highest BCUT2D eigenvalue weighted by molar-refractivity contribution is 7.80. The smallest absolute Gasteiger partial charge is 0.397 e. The fraction of sp³-hybridized carbons (Fsp3) is 0.875. The normalized spacial score (nSPS) is 33.6. The first-order valence-electron chi connectivity index (χ1n) is 23.7. The summed E-state index contributed by atoms with van der Waals surface area (Å²) in [6.45, 7) is 15.8. The molecule has 12 nitrogen and oxygen atoms in total. The van der Waals surface area contributed by atoms with Crippen LogP contribution in [0.4, 0.5) is 0 Å². The molecule has 0 aromatic heterocycles. The molecule has 0 bridgehead atoms. The molecule has 4 aliphatic carbocycles. The van der Waals surface area contributed by atoms with Gasteiger partial charge in [-0.3, -0.25) is 14.1 Å². The van der Waals surface area contributed by atoms with E-state index in [1.54, 1.807) is 13.8 Å². The lowest BCUT2D eigenvalue weighted by molar-refractivity contribution is -0.189. The highest BCUT2D eigenvalue weighted by Crippen LogP contribution is 2.68. The maximum atomic E-state index is 13.6. The van der Waals surface area contributed by atoms with Crippen LogP contribution >= 0.6 is 0 Å². The number of esters is 2. The Balaban J connectivity index is 1.30. The number of rotatable bonds is 24. The van der Waals surface area contributed by atoms with Crippen LogP contribution in [-0.4, -0.2) is 89.1 Å². The Morgan fingerprint density at radius 3 is 1.98 bits per heavy atom. The van der Waals surface area contributed by atoms with Crippen molar-refractivity contribution in [2.75, 3.05) is 13.2 Å². The number of ether oxygens (including phenoxy) is 3. The predicted octanol–water partition coefficient (Wildman–Crippen LogP) is 8.90. The van der Waals surface area contributed by atoms with Crippen LogP contribution in [0.25, 0.3) is 0 Å². The van der Waals surface area contributed by atoms with Crippen molar-refractivity contribution in [1.29, 1.82) is 0 Å². The fourth-order valence-electron chi connectivity index (χ4n) is 12.6. The van der Waals surface area contributed by atoms with Gasteiger partial charge in [0.25, 0.3) is 0 Å². The van der Waals surface area contributed by atoms with Crippen molar-refractivity contribution in [3.05, 3.63) is 22.8 Å². The van der Waals surface area contributed by atoms with Crippen molar-refractivity contribution in [1.82, 2.24) is 0 Å². The molecule has 0 radical (unpaired) electrons. The second kappa shape index (κ2) is 20.1. The number of carbonyl (C=O) groups excluding carboxylic acids is 2. The average Bonchev–Trinajstić information content (AvgIpc) is 3.88. The van der Waals surface area contributed by atoms with Gasteiger partial charge in [0.15, 0.2) is 0 Å². The van der Waals surface area contributed by atoms with Crippen molar-refractivity contribution in [2.45, 2.75) is 219 Å². The maximum Gasteiger partial charge on any atom is 0.397 e. The third kappa shape index (κ3) is 11.2. The minimum atomic E-state index is -4.92. The van der Waals surface area contributed by atoms with Gasteiger partial charge in [0.1, 0.15) is 30.0 Å². The third-order valence-corrected chi connectivity index (χ3v) is 16.5. The average molecular weight is 881 g/mol. The highest BCUT2D eigenvalue weighted by atomic mass is 32.3. The van der Waals surface area contributed by atoms with E-state index >= 15 is 0 Å². The molecule has 5 rings (SSSR count). The van der Waals surface area contributed by atoms with E-state index in [2.05, 4.69) is 26.8 Å². The first-order valence-corrected chi connectivity index (χ1v) is 25.0. The molecule has 350 valence electrons. The number of unbranched alkanes of at least 4 members (excludes halogenated alkanes) is 12. The number of carbonyl (C=O) groups is 2. The first kappa shape index (κ1) is 50.1. The Kier molecular flexibility index (Phi) is 16.5. The topological polar surface area (TPSA) is 189 Å². The van der Waals surface area contributed by atoms with Crippen molar-refractivity contribution in [3.8, 4) is 0 Å². The van der Waals surface area contributed by atoms with Gasteiger partial charge < -0.3 is 29.5 Å². The van der Waals surface area contributed by atoms with Crippen LogP contribution in [-0.2, 0) is 38.4 Å². The standard InChI is InChI=1S/C48H80O12S/c1-32(27-28-48(31-57-48)45(5,6)53)35-24-25-36-34-23-26-38-44(3,4)42(60-61(54,55)56)37(30-46(38,7)40(34)41(52)43(47(35,36)8)58-33(2)50)59-39(51)22-20-18-16-14-12-10-9-11-13-15-17-19-21-29-49/h25,32,35,37-38,41-43,49,52-53H,9-24,26-31H2,1-8H3,(H,54,55,56)/t32?,35-,37-,38+,41-,42+,43+,46+,47-,48?/m1/s1. The SMILES string of the molecule is CC(=O)O[C@H]1[C@H](O)C2=C(CC[C@H]3C(C)(C)[C@@H](OS(=O)(=O)O)[C@H](OC(=O)CCCCCCCCCCCCCCCO)C[C@]23C)C2=CC[C@H](C(C)CCC3(C(C)(C)O)CO3)[C@]21C. The zero-order chi connectivity index (χ0) is 45.0. The monoisotopic (exact) mass is 881 g/mol. The number of aliphatic hydroxyl groups is 3. The number of allylic oxidation sites excluding steroid dienone is 2. The summed E-state index contributed by atoms with van der Waals surface area (Å²) in [6, 6.07) is 0. The third-order valence-electron chi connectivity index (χ3n) is 16.1. The van der Waals surface area contributed by atoms with Gasteiger partial charge in [0, 0.05) is 25.4 Å². The van der Waals surface area contributed by atoms with Crippen LogP contribution in [0.15, 0.2) is 22.8 Å². The van der Waals surface area contributed by atoms with E-state index in [9.17, 15) is 32.8 Å². The van der Waals surface area contributed by atoms with E-state index in [-0.39, 0.29) is 37.2 Å². The van der Waals surface area contributed by atoms with Gasteiger partial charge >= 0.3 is 22.3 Å². The van der Waals surface area contributed by atoms with Crippen LogP contribution in [0.1, 0.15) is 184 Å². The second-order valence-electron chi connectivity index (χ2n) is 21.0. The second-order valence-corrected chi connectivity index (χ2v) is 22.1.